The van der Waals surface area contributed by atoms with E-state index in [1.54, 1.807) is 11.3 Å². The predicted molar refractivity (Wildman–Crippen MR) is 224 cm³/mol. The number of thiazole rings is 1. The zero-order valence-corrected chi connectivity index (χ0v) is 29.8. The lowest BCUT2D eigenvalue weighted by atomic mass is 9.92. The highest BCUT2D eigenvalue weighted by Crippen LogP contribution is 2.44. The van der Waals surface area contributed by atoms with Gasteiger partial charge in [-0.15, -0.1) is 11.3 Å². The van der Waals surface area contributed by atoms with E-state index < -0.39 is 0 Å². The summed E-state index contributed by atoms with van der Waals surface area (Å²) in [6.07, 6.45) is 8.81. The molecule has 2 aromatic heterocycles. The van der Waals surface area contributed by atoms with Crippen molar-refractivity contribution in [1.29, 1.82) is 0 Å². The van der Waals surface area contributed by atoms with Gasteiger partial charge in [-0.05, 0) is 101 Å². The lowest BCUT2D eigenvalue weighted by Crippen LogP contribution is -2.11. The summed E-state index contributed by atoms with van der Waals surface area (Å²) in [5.74, 6) is 0. The molecule has 1 aliphatic rings. The molecular weight excluding hydrogens is 665 g/mol. The second-order valence-corrected chi connectivity index (χ2v) is 14.5. The third kappa shape index (κ3) is 5.74. The number of aromatic nitrogens is 1. The number of nitrogens with zero attached hydrogens (tertiary/aromatic N) is 2. The molecule has 1 aliphatic carbocycles. The Hall–Kier alpha value is -6.49. The van der Waals surface area contributed by atoms with Gasteiger partial charge in [-0.2, -0.15) is 0 Å². The summed E-state index contributed by atoms with van der Waals surface area (Å²) < 4.78 is 7.53. The second-order valence-electron chi connectivity index (χ2n) is 13.5. The monoisotopic (exact) mass is 698 g/mol. The minimum atomic E-state index is 0.884. The highest BCUT2D eigenvalue weighted by atomic mass is 32.1. The Bertz CT molecular complexity index is 2810. The molecular formula is C49H34N2OS. The molecule has 0 aliphatic heterocycles. The van der Waals surface area contributed by atoms with Gasteiger partial charge in [0.2, 0.25) is 0 Å². The first-order valence-corrected chi connectivity index (χ1v) is 18.9. The second kappa shape index (κ2) is 13.2. The van der Waals surface area contributed by atoms with E-state index in [2.05, 4.69) is 181 Å². The SMILES string of the molecule is C1=CCCC(c2ccc(N(c3ccccc3)c3ccc(-c4ccc5oc6ccc7nc(-c8ccccc8)sc7c6c5c4)cc3)c(-c3ccccc3)c2)=C1. The van der Waals surface area contributed by atoms with Crippen molar-refractivity contribution in [1.82, 2.24) is 4.98 Å². The minimum Gasteiger partial charge on any atom is -0.456 e. The Kier molecular flexibility index (Phi) is 7.81. The summed E-state index contributed by atoms with van der Waals surface area (Å²) in [6.45, 7) is 0. The van der Waals surface area contributed by atoms with Crippen LogP contribution in [0.3, 0.4) is 0 Å². The lowest BCUT2D eigenvalue weighted by molar-refractivity contribution is 0.669. The molecule has 9 aromatic rings. The number of rotatable bonds is 7. The van der Waals surface area contributed by atoms with E-state index >= 15 is 0 Å². The smallest absolute Gasteiger partial charge is 0.137 e. The summed E-state index contributed by atoms with van der Waals surface area (Å²) in [4.78, 5) is 7.37. The van der Waals surface area contributed by atoms with Crippen LogP contribution in [0.15, 0.2) is 186 Å². The molecule has 3 nitrogen and oxygen atoms in total. The molecule has 0 atom stereocenters. The van der Waals surface area contributed by atoms with E-state index in [0.717, 1.165) is 83.8 Å². The molecule has 0 bridgehead atoms. The minimum absolute atomic E-state index is 0.884. The number of furan rings is 1. The van der Waals surface area contributed by atoms with E-state index in [-0.39, 0.29) is 0 Å². The van der Waals surface area contributed by atoms with Crippen LogP contribution in [0.1, 0.15) is 18.4 Å². The number of allylic oxidation sites excluding steroid dienone is 4. The normalized spacial score (nSPS) is 12.8. The van der Waals surface area contributed by atoms with Crippen LogP contribution >= 0.6 is 11.3 Å². The number of benzene rings is 7. The fourth-order valence-corrected chi connectivity index (χ4v) is 8.68. The predicted octanol–water partition coefficient (Wildman–Crippen LogP) is 14.4. The number of fused-ring (bicyclic) bond motifs is 5. The summed E-state index contributed by atoms with van der Waals surface area (Å²) >= 11 is 1.73. The molecule has 0 spiro atoms. The number of hydrogen-bond acceptors (Lipinski definition) is 4. The zero-order valence-electron chi connectivity index (χ0n) is 28.9. The van der Waals surface area contributed by atoms with Crippen molar-refractivity contribution in [2.24, 2.45) is 0 Å². The Balaban J connectivity index is 1.07. The van der Waals surface area contributed by atoms with E-state index in [0.29, 0.717) is 0 Å². The molecule has 53 heavy (non-hydrogen) atoms. The van der Waals surface area contributed by atoms with Crippen LogP contribution < -0.4 is 4.90 Å². The molecule has 0 saturated heterocycles. The van der Waals surface area contributed by atoms with Crippen LogP contribution in [0.5, 0.6) is 0 Å². The maximum absolute atomic E-state index is 6.38. The van der Waals surface area contributed by atoms with Crippen LogP contribution in [0, 0.1) is 0 Å². The molecule has 4 heteroatoms. The quantitative estimate of drug-likeness (QED) is 0.166. The van der Waals surface area contributed by atoms with Gasteiger partial charge in [-0.1, -0.05) is 121 Å². The van der Waals surface area contributed by atoms with Gasteiger partial charge in [-0.3, -0.25) is 0 Å². The maximum Gasteiger partial charge on any atom is 0.137 e. The third-order valence-electron chi connectivity index (χ3n) is 10.2. The zero-order chi connectivity index (χ0) is 35.1. The Morgan fingerprint density at radius 2 is 1.25 bits per heavy atom. The molecule has 10 rings (SSSR count). The van der Waals surface area contributed by atoms with Gasteiger partial charge in [0.1, 0.15) is 16.2 Å². The molecule has 2 heterocycles. The van der Waals surface area contributed by atoms with Crippen LogP contribution in [0.2, 0.25) is 0 Å². The highest BCUT2D eigenvalue weighted by Gasteiger charge is 2.20. The molecule has 0 N–H and O–H groups in total. The van der Waals surface area contributed by atoms with Crippen molar-refractivity contribution in [2.75, 3.05) is 4.90 Å². The maximum atomic E-state index is 6.38. The van der Waals surface area contributed by atoms with Crippen LogP contribution in [-0.2, 0) is 0 Å². The van der Waals surface area contributed by atoms with Crippen molar-refractivity contribution in [3.05, 3.63) is 188 Å². The van der Waals surface area contributed by atoms with Crippen molar-refractivity contribution < 1.29 is 4.42 Å². The van der Waals surface area contributed by atoms with E-state index in [1.807, 2.05) is 6.07 Å². The van der Waals surface area contributed by atoms with Crippen molar-refractivity contribution >= 4 is 66.1 Å². The van der Waals surface area contributed by atoms with Gasteiger partial charge >= 0.3 is 0 Å². The van der Waals surface area contributed by atoms with Gasteiger partial charge < -0.3 is 9.32 Å². The van der Waals surface area contributed by atoms with Crippen LogP contribution in [-0.4, -0.2) is 4.98 Å². The summed E-state index contributed by atoms with van der Waals surface area (Å²) in [5, 5.41) is 3.26. The lowest BCUT2D eigenvalue weighted by Gasteiger charge is -2.28. The molecule has 0 saturated carbocycles. The van der Waals surface area contributed by atoms with Gasteiger partial charge in [0.25, 0.3) is 0 Å². The largest absolute Gasteiger partial charge is 0.456 e. The van der Waals surface area contributed by atoms with E-state index in [4.69, 9.17) is 9.40 Å². The molecule has 0 fully saturated rings. The van der Waals surface area contributed by atoms with Crippen molar-refractivity contribution in [3.8, 4) is 32.8 Å². The Morgan fingerprint density at radius 1 is 0.566 bits per heavy atom. The third-order valence-corrected chi connectivity index (χ3v) is 11.3. The van der Waals surface area contributed by atoms with E-state index in [1.165, 1.54) is 22.3 Å². The van der Waals surface area contributed by atoms with Crippen molar-refractivity contribution in [3.63, 3.8) is 0 Å². The van der Waals surface area contributed by atoms with Crippen LogP contribution in [0.25, 0.3) is 70.6 Å². The highest BCUT2D eigenvalue weighted by molar-refractivity contribution is 7.22. The number of para-hydroxylation sites is 1. The average molecular weight is 699 g/mol. The van der Waals surface area contributed by atoms with E-state index in [9.17, 15) is 0 Å². The first-order valence-electron chi connectivity index (χ1n) is 18.1. The molecule has 7 aromatic carbocycles. The van der Waals surface area contributed by atoms with Gasteiger partial charge in [0, 0.05) is 33.3 Å². The average Bonchev–Trinajstić information content (AvgIpc) is 3.84. The standard InChI is InChI=1S/C49H34N2OS/c1-5-13-33(14-6-1)37-23-28-44(41(31-37)35-15-7-2-8-16-35)51(39-19-11-4-12-20-39)40-25-21-34(22-26-40)38-24-29-45-42(32-38)47-46(52-45)30-27-43-48(47)53-49(50-43)36-17-9-3-10-18-36/h1-5,7-13,15-32H,6,14H2. The summed E-state index contributed by atoms with van der Waals surface area (Å²) in [7, 11) is 0. The molecule has 0 amide bonds. The fourth-order valence-electron chi connectivity index (χ4n) is 7.56. The van der Waals surface area contributed by atoms with Crippen LogP contribution in [0.4, 0.5) is 17.1 Å². The topological polar surface area (TPSA) is 29.3 Å². The number of hydrogen-bond donors (Lipinski definition) is 0. The summed E-state index contributed by atoms with van der Waals surface area (Å²) in [6, 6.07) is 58.4. The Labute approximate surface area is 312 Å². The first kappa shape index (κ1) is 31.3. The number of anilines is 3. The molecule has 252 valence electrons. The first-order chi connectivity index (χ1) is 26.3. The van der Waals surface area contributed by atoms with Gasteiger partial charge in [-0.25, -0.2) is 4.98 Å². The Morgan fingerprint density at radius 3 is 2.00 bits per heavy atom. The van der Waals surface area contributed by atoms with Gasteiger partial charge in [0.05, 0.1) is 15.9 Å². The fraction of sp³-hybridized carbons (Fsp3) is 0.0408. The molecule has 0 unspecified atom stereocenters. The van der Waals surface area contributed by atoms with Gasteiger partial charge in [0.15, 0.2) is 0 Å². The molecule has 0 radical (unpaired) electrons. The van der Waals surface area contributed by atoms with Crippen molar-refractivity contribution in [2.45, 2.75) is 12.8 Å². The summed E-state index contributed by atoms with van der Waals surface area (Å²) in [5.41, 5.74) is 14.6.